The fraction of sp³-hybridized carbons (Fsp3) is 0.667. The Labute approximate surface area is 119 Å². The highest BCUT2D eigenvalue weighted by Gasteiger charge is 2.12. The Hall–Kier alpha value is -0.580. The number of nitrogens with one attached hydrogen (secondary N) is 1. The molecule has 6 heteroatoms. The highest BCUT2D eigenvalue weighted by molar-refractivity contribution is 6.28. The number of ether oxygens (including phenoxy) is 1. The Bertz CT molecular complexity index is 350. The molecule has 102 valence electrons. The topological polar surface area (TPSA) is 47.0 Å². The van der Waals surface area contributed by atoms with Gasteiger partial charge in [-0.05, 0) is 56.8 Å². The summed E-state index contributed by atoms with van der Waals surface area (Å²) in [4.78, 5) is 8.03. The van der Waals surface area contributed by atoms with E-state index in [-0.39, 0.29) is 17.7 Å². The van der Waals surface area contributed by atoms with E-state index in [2.05, 4.69) is 15.3 Å². The van der Waals surface area contributed by atoms with Gasteiger partial charge in [0.25, 0.3) is 0 Å². The molecule has 2 rings (SSSR count). The number of hydrogen-bond donors (Lipinski definition) is 1. The van der Waals surface area contributed by atoms with Crippen molar-refractivity contribution in [2.45, 2.75) is 26.2 Å². The van der Waals surface area contributed by atoms with Crippen LogP contribution in [0.25, 0.3) is 0 Å². The van der Waals surface area contributed by atoms with Crippen molar-refractivity contribution in [2.24, 2.45) is 5.92 Å². The molecule has 0 radical (unpaired) electrons. The quantitative estimate of drug-likeness (QED) is 0.867. The summed E-state index contributed by atoms with van der Waals surface area (Å²) in [6, 6.07) is 1.81. The smallest absolute Gasteiger partial charge is 0.225 e. The summed E-state index contributed by atoms with van der Waals surface area (Å²) in [5, 5.41) is 3.65. The number of nitrogens with zero attached hydrogens (tertiary/aromatic N) is 2. The van der Waals surface area contributed by atoms with E-state index in [0.717, 1.165) is 31.1 Å². The van der Waals surface area contributed by atoms with Gasteiger partial charge in [-0.1, -0.05) is 0 Å². The zero-order valence-electron chi connectivity index (χ0n) is 10.5. The molecule has 1 aromatic heterocycles. The van der Waals surface area contributed by atoms with Crippen LogP contribution in [-0.4, -0.2) is 29.7 Å². The molecule has 18 heavy (non-hydrogen) atoms. The van der Waals surface area contributed by atoms with Crippen LogP contribution in [0.2, 0.25) is 5.28 Å². The number of rotatable bonds is 4. The van der Waals surface area contributed by atoms with Gasteiger partial charge in [-0.25, -0.2) is 4.98 Å². The second kappa shape index (κ2) is 7.77. The van der Waals surface area contributed by atoms with Gasteiger partial charge >= 0.3 is 0 Å². The molecule has 1 aliphatic rings. The average molecular weight is 292 g/mol. The van der Waals surface area contributed by atoms with Crippen molar-refractivity contribution >= 4 is 24.0 Å². The van der Waals surface area contributed by atoms with Crippen molar-refractivity contribution in [3.8, 4) is 5.88 Å². The first-order valence-corrected chi connectivity index (χ1v) is 6.46. The van der Waals surface area contributed by atoms with E-state index in [4.69, 9.17) is 16.3 Å². The zero-order chi connectivity index (χ0) is 12.1. The van der Waals surface area contributed by atoms with Gasteiger partial charge in [-0.3, -0.25) is 0 Å². The minimum Gasteiger partial charge on any atom is -0.478 e. The summed E-state index contributed by atoms with van der Waals surface area (Å²) in [6.07, 6.45) is 3.62. The van der Waals surface area contributed by atoms with Crippen LogP contribution in [-0.2, 0) is 0 Å². The molecule has 0 bridgehead atoms. The van der Waals surface area contributed by atoms with Crippen molar-refractivity contribution in [1.29, 1.82) is 0 Å². The second-order valence-electron chi connectivity index (χ2n) is 4.47. The summed E-state index contributed by atoms with van der Waals surface area (Å²) in [5.41, 5.74) is 0.833. The maximum Gasteiger partial charge on any atom is 0.225 e. The molecule has 0 aromatic carbocycles. The van der Waals surface area contributed by atoms with Gasteiger partial charge in [-0.2, -0.15) is 4.98 Å². The molecular formula is C12H19Cl2N3O. The highest BCUT2D eigenvalue weighted by Crippen LogP contribution is 2.16. The van der Waals surface area contributed by atoms with Gasteiger partial charge in [0.1, 0.15) is 0 Å². The minimum atomic E-state index is 0. The molecular weight excluding hydrogens is 273 g/mol. The fourth-order valence-corrected chi connectivity index (χ4v) is 2.30. The SMILES string of the molecule is Cc1cc(OCCC2CCCNC2)nc(Cl)n1.Cl. The van der Waals surface area contributed by atoms with Gasteiger partial charge in [0, 0.05) is 11.8 Å². The third-order valence-electron chi connectivity index (χ3n) is 2.98. The normalized spacial score (nSPS) is 19.1. The monoisotopic (exact) mass is 291 g/mol. The zero-order valence-corrected chi connectivity index (χ0v) is 12.1. The van der Waals surface area contributed by atoms with Crippen LogP contribution < -0.4 is 10.1 Å². The molecule has 0 saturated carbocycles. The molecule has 4 nitrogen and oxygen atoms in total. The number of aromatic nitrogens is 2. The number of piperidine rings is 1. The lowest BCUT2D eigenvalue weighted by Crippen LogP contribution is -2.30. The maximum atomic E-state index is 5.77. The minimum absolute atomic E-state index is 0. The van der Waals surface area contributed by atoms with E-state index in [1.165, 1.54) is 12.8 Å². The van der Waals surface area contributed by atoms with Gasteiger partial charge in [-0.15, -0.1) is 12.4 Å². The van der Waals surface area contributed by atoms with Crippen LogP contribution in [0.15, 0.2) is 6.07 Å². The molecule has 1 unspecified atom stereocenters. The first-order chi connectivity index (χ1) is 8.24. The molecule has 1 atom stereocenters. The van der Waals surface area contributed by atoms with Gasteiger partial charge in [0.05, 0.1) is 6.61 Å². The Balaban J connectivity index is 0.00000162. The molecule has 1 N–H and O–H groups in total. The third kappa shape index (κ3) is 4.96. The number of hydrogen-bond acceptors (Lipinski definition) is 4. The predicted molar refractivity (Wildman–Crippen MR) is 74.7 cm³/mol. The first-order valence-electron chi connectivity index (χ1n) is 6.09. The molecule has 0 amide bonds. The number of aryl methyl sites for hydroxylation is 1. The summed E-state index contributed by atoms with van der Waals surface area (Å²) < 4.78 is 5.61. The Morgan fingerprint density at radius 2 is 2.33 bits per heavy atom. The standard InChI is InChI=1S/C12H18ClN3O.ClH/c1-9-7-11(16-12(13)15-9)17-6-4-10-3-2-5-14-8-10;/h7,10,14H,2-6,8H2,1H3;1H. The molecule has 2 heterocycles. The van der Waals surface area contributed by atoms with Crippen molar-refractivity contribution in [3.05, 3.63) is 17.0 Å². The molecule has 1 aliphatic heterocycles. The lowest BCUT2D eigenvalue weighted by atomic mass is 9.97. The largest absolute Gasteiger partial charge is 0.478 e. The van der Waals surface area contributed by atoms with Crippen molar-refractivity contribution in [1.82, 2.24) is 15.3 Å². The van der Waals surface area contributed by atoms with Crippen molar-refractivity contribution in [2.75, 3.05) is 19.7 Å². The molecule has 0 spiro atoms. The van der Waals surface area contributed by atoms with Gasteiger partial charge < -0.3 is 10.1 Å². The van der Waals surface area contributed by atoms with E-state index in [1.807, 2.05) is 13.0 Å². The van der Waals surface area contributed by atoms with Gasteiger partial charge in [0.15, 0.2) is 0 Å². The predicted octanol–water partition coefficient (Wildman–Crippen LogP) is 2.63. The van der Waals surface area contributed by atoms with Crippen LogP contribution in [0.5, 0.6) is 5.88 Å². The molecule has 1 saturated heterocycles. The summed E-state index contributed by atoms with van der Waals surface area (Å²) in [7, 11) is 0. The van der Waals surface area contributed by atoms with E-state index in [9.17, 15) is 0 Å². The van der Waals surface area contributed by atoms with Crippen LogP contribution in [0.3, 0.4) is 0 Å². The Morgan fingerprint density at radius 1 is 1.50 bits per heavy atom. The number of halogens is 2. The van der Waals surface area contributed by atoms with Crippen LogP contribution in [0.1, 0.15) is 25.0 Å². The van der Waals surface area contributed by atoms with Crippen LogP contribution in [0.4, 0.5) is 0 Å². The molecule has 1 fully saturated rings. The lowest BCUT2D eigenvalue weighted by molar-refractivity contribution is 0.247. The van der Waals surface area contributed by atoms with E-state index < -0.39 is 0 Å². The van der Waals surface area contributed by atoms with E-state index in [0.29, 0.717) is 12.5 Å². The van der Waals surface area contributed by atoms with E-state index in [1.54, 1.807) is 0 Å². The van der Waals surface area contributed by atoms with E-state index >= 15 is 0 Å². The second-order valence-corrected chi connectivity index (χ2v) is 4.80. The lowest BCUT2D eigenvalue weighted by Gasteiger charge is -2.22. The van der Waals surface area contributed by atoms with Gasteiger partial charge in [0.2, 0.25) is 11.2 Å². The van der Waals surface area contributed by atoms with Crippen LogP contribution >= 0.6 is 24.0 Å². The van der Waals surface area contributed by atoms with Crippen molar-refractivity contribution in [3.63, 3.8) is 0 Å². The van der Waals surface area contributed by atoms with Crippen molar-refractivity contribution < 1.29 is 4.74 Å². The fourth-order valence-electron chi connectivity index (χ4n) is 2.08. The highest BCUT2D eigenvalue weighted by atomic mass is 35.5. The third-order valence-corrected chi connectivity index (χ3v) is 3.15. The average Bonchev–Trinajstić information content (AvgIpc) is 2.29. The summed E-state index contributed by atoms with van der Waals surface area (Å²) in [6.45, 7) is 4.83. The summed E-state index contributed by atoms with van der Waals surface area (Å²) in [5.74, 6) is 1.30. The summed E-state index contributed by atoms with van der Waals surface area (Å²) >= 11 is 5.77. The first kappa shape index (κ1) is 15.5. The molecule has 1 aromatic rings. The maximum absolute atomic E-state index is 5.77. The van der Waals surface area contributed by atoms with Crippen LogP contribution in [0, 0.1) is 12.8 Å². The Kier molecular flexibility index (Phi) is 6.68. The molecule has 0 aliphatic carbocycles. The Morgan fingerprint density at radius 3 is 3.00 bits per heavy atom.